The van der Waals surface area contributed by atoms with E-state index in [0.717, 1.165) is 0 Å². The average molecular weight is 379 g/mol. The summed E-state index contributed by atoms with van der Waals surface area (Å²) in [6.07, 6.45) is 0. The Morgan fingerprint density at radius 2 is 2.00 bits per heavy atom. The van der Waals surface area contributed by atoms with E-state index in [1.54, 1.807) is 18.2 Å². The molecule has 0 aliphatic carbocycles. The number of pyridine rings is 1. The van der Waals surface area contributed by atoms with Crippen molar-refractivity contribution in [2.24, 2.45) is 0 Å². The van der Waals surface area contributed by atoms with Crippen molar-refractivity contribution in [2.45, 2.75) is 13.8 Å². The quantitative estimate of drug-likeness (QED) is 0.683. The highest BCUT2D eigenvalue weighted by atomic mass is 35.5. The van der Waals surface area contributed by atoms with E-state index in [1.807, 2.05) is 6.92 Å². The van der Waals surface area contributed by atoms with Crippen molar-refractivity contribution in [2.75, 3.05) is 25.1 Å². The zero-order chi connectivity index (χ0) is 19.1. The number of halogens is 1. The van der Waals surface area contributed by atoms with Crippen LogP contribution in [0.1, 0.15) is 33.5 Å². The number of carboxylic acid groups (broad SMARTS) is 1. The van der Waals surface area contributed by atoms with E-state index in [1.165, 1.54) is 19.1 Å². The van der Waals surface area contributed by atoms with Crippen LogP contribution in [0.2, 0.25) is 5.02 Å². The van der Waals surface area contributed by atoms with Crippen molar-refractivity contribution in [3.8, 4) is 5.75 Å². The van der Waals surface area contributed by atoms with E-state index in [-0.39, 0.29) is 23.6 Å². The summed E-state index contributed by atoms with van der Waals surface area (Å²) in [5.41, 5.74) is 0.780. The van der Waals surface area contributed by atoms with Gasteiger partial charge in [-0.3, -0.25) is 4.79 Å². The normalized spacial score (nSPS) is 10.4. The number of carbonyl (C=O) groups excluding carboxylic acids is 1. The first-order valence-electron chi connectivity index (χ1n) is 7.95. The first-order valence-corrected chi connectivity index (χ1v) is 8.33. The van der Waals surface area contributed by atoms with Crippen LogP contribution in [0.15, 0.2) is 30.3 Å². The standard InChI is InChI=1S/C18H19ClN2O5/c1-3-25-9-10-26-16-13(19)5-4-6-14(16)21-17(22)15-8-7-12(18(23)24)11(2)20-15/h4-8H,3,9-10H2,1-2H3,(H,21,22)(H,23,24). The molecule has 1 heterocycles. The van der Waals surface area contributed by atoms with Gasteiger partial charge in [0.25, 0.3) is 5.91 Å². The van der Waals surface area contributed by atoms with Crippen LogP contribution in [0.4, 0.5) is 5.69 Å². The molecule has 1 aromatic carbocycles. The predicted molar refractivity (Wildman–Crippen MR) is 97.3 cm³/mol. The van der Waals surface area contributed by atoms with Gasteiger partial charge in [0.15, 0.2) is 5.75 Å². The molecule has 26 heavy (non-hydrogen) atoms. The Hall–Kier alpha value is -2.64. The number of para-hydroxylation sites is 1. The van der Waals surface area contributed by atoms with Crippen LogP contribution in [0, 0.1) is 6.92 Å². The Kier molecular flexibility index (Phi) is 6.94. The van der Waals surface area contributed by atoms with Gasteiger partial charge in [0, 0.05) is 6.61 Å². The first kappa shape index (κ1) is 19.7. The number of aryl methyl sites for hydroxylation is 1. The lowest BCUT2D eigenvalue weighted by Crippen LogP contribution is -2.16. The van der Waals surface area contributed by atoms with Gasteiger partial charge in [-0.2, -0.15) is 0 Å². The molecule has 0 atom stereocenters. The summed E-state index contributed by atoms with van der Waals surface area (Å²) in [5, 5.41) is 12.1. The molecule has 0 unspecified atom stereocenters. The van der Waals surface area contributed by atoms with Crippen LogP contribution >= 0.6 is 11.6 Å². The van der Waals surface area contributed by atoms with Crippen molar-refractivity contribution in [3.63, 3.8) is 0 Å². The van der Waals surface area contributed by atoms with Gasteiger partial charge in [0.2, 0.25) is 0 Å². The number of nitrogens with zero attached hydrogens (tertiary/aromatic N) is 1. The third kappa shape index (κ3) is 4.93. The summed E-state index contributed by atoms with van der Waals surface area (Å²) >= 11 is 6.15. The van der Waals surface area contributed by atoms with Crippen LogP contribution in [-0.2, 0) is 4.74 Å². The van der Waals surface area contributed by atoms with Gasteiger partial charge in [-0.15, -0.1) is 0 Å². The van der Waals surface area contributed by atoms with Gasteiger partial charge in [-0.1, -0.05) is 17.7 Å². The smallest absolute Gasteiger partial charge is 0.337 e. The van der Waals surface area contributed by atoms with Crippen LogP contribution in [0.3, 0.4) is 0 Å². The van der Waals surface area contributed by atoms with Crippen molar-refractivity contribution in [1.29, 1.82) is 0 Å². The minimum atomic E-state index is -1.10. The topological polar surface area (TPSA) is 97.8 Å². The molecule has 8 heteroatoms. The molecule has 0 radical (unpaired) electrons. The zero-order valence-corrected chi connectivity index (χ0v) is 15.2. The highest BCUT2D eigenvalue weighted by Gasteiger charge is 2.16. The number of amides is 1. The van der Waals surface area contributed by atoms with Crippen LogP contribution in [-0.4, -0.2) is 41.8 Å². The van der Waals surface area contributed by atoms with E-state index in [4.69, 9.17) is 26.2 Å². The van der Waals surface area contributed by atoms with Crippen molar-refractivity contribution in [3.05, 3.63) is 52.3 Å². The van der Waals surface area contributed by atoms with Gasteiger partial charge in [-0.25, -0.2) is 9.78 Å². The maximum atomic E-state index is 12.4. The molecule has 0 spiro atoms. The fourth-order valence-corrected chi connectivity index (χ4v) is 2.43. The fraction of sp³-hybridized carbons (Fsp3) is 0.278. The number of nitrogens with one attached hydrogen (secondary N) is 1. The SMILES string of the molecule is CCOCCOc1c(Cl)cccc1NC(=O)c1ccc(C(=O)O)c(C)n1. The van der Waals surface area contributed by atoms with Crippen molar-refractivity contribution >= 4 is 29.2 Å². The lowest BCUT2D eigenvalue weighted by molar-refractivity contribution is 0.0695. The van der Waals surface area contributed by atoms with Crippen LogP contribution in [0.5, 0.6) is 5.75 Å². The Labute approximate surface area is 155 Å². The molecule has 1 aromatic heterocycles. The number of aromatic carboxylic acids is 1. The molecule has 0 fully saturated rings. The van der Waals surface area contributed by atoms with Crippen LogP contribution < -0.4 is 10.1 Å². The number of carboxylic acids is 1. The second-order valence-electron chi connectivity index (χ2n) is 5.25. The minimum absolute atomic E-state index is 0.0456. The Morgan fingerprint density at radius 1 is 1.23 bits per heavy atom. The molecule has 0 aliphatic rings. The number of ether oxygens (including phenoxy) is 2. The Balaban J connectivity index is 2.17. The van der Waals surface area contributed by atoms with Gasteiger partial charge < -0.3 is 19.9 Å². The van der Waals surface area contributed by atoms with Gasteiger partial charge in [0.05, 0.1) is 28.6 Å². The summed E-state index contributed by atoms with van der Waals surface area (Å²) in [6.45, 7) is 4.66. The number of carbonyl (C=O) groups is 2. The molecule has 0 saturated carbocycles. The number of hydrogen-bond acceptors (Lipinski definition) is 5. The maximum absolute atomic E-state index is 12.4. The molecule has 7 nitrogen and oxygen atoms in total. The Morgan fingerprint density at radius 3 is 2.65 bits per heavy atom. The lowest BCUT2D eigenvalue weighted by Gasteiger charge is -2.14. The molecule has 0 aliphatic heterocycles. The molecule has 2 N–H and O–H groups in total. The van der Waals surface area contributed by atoms with E-state index < -0.39 is 11.9 Å². The predicted octanol–water partition coefficient (Wildman–Crippen LogP) is 3.41. The minimum Gasteiger partial charge on any atom is -0.487 e. The monoisotopic (exact) mass is 378 g/mol. The summed E-state index contributed by atoms with van der Waals surface area (Å²) in [5.74, 6) is -1.26. The highest BCUT2D eigenvalue weighted by Crippen LogP contribution is 2.33. The van der Waals surface area contributed by atoms with E-state index in [2.05, 4.69) is 10.3 Å². The number of benzene rings is 1. The molecular formula is C18H19ClN2O5. The number of rotatable bonds is 8. The second kappa shape index (κ2) is 9.17. The first-order chi connectivity index (χ1) is 12.4. The highest BCUT2D eigenvalue weighted by molar-refractivity contribution is 6.32. The van der Waals surface area contributed by atoms with Gasteiger partial charge in [0.1, 0.15) is 12.3 Å². The number of anilines is 1. The van der Waals surface area contributed by atoms with Crippen molar-refractivity contribution in [1.82, 2.24) is 4.98 Å². The molecule has 1 amide bonds. The van der Waals surface area contributed by atoms with E-state index >= 15 is 0 Å². The average Bonchev–Trinajstić information content (AvgIpc) is 2.60. The molecule has 138 valence electrons. The third-order valence-corrected chi connectivity index (χ3v) is 3.74. The number of hydrogen-bond donors (Lipinski definition) is 2. The number of aromatic nitrogens is 1. The van der Waals surface area contributed by atoms with E-state index in [9.17, 15) is 9.59 Å². The molecule has 0 bridgehead atoms. The fourth-order valence-electron chi connectivity index (χ4n) is 2.20. The van der Waals surface area contributed by atoms with Crippen LogP contribution in [0.25, 0.3) is 0 Å². The molecular weight excluding hydrogens is 360 g/mol. The second-order valence-corrected chi connectivity index (χ2v) is 5.66. The summed E-state index contributed by atoms with van der Waals surface area (Å²) < 4.78 is 10.8. The van der Waals surface area contributed by atoms with Gasteiger partial charge in [-0.05, 0) is 38.1 Å². The summed E-state index contributed by atoms with van der Waals surface area (Å²) in [7, 11) is 0. The molecule has 0 saturated heterocycles. The maximum Gasteiger partial charge on any atom is 0.337 e. The summed E-state index contributed by atoms with van der Waals surface area (Å²) in [4.78, 5) is 27.5. The lowest BCUT2D eigenvalue weighted by atomic mass is 10.2. The van der Waals surface area contributed by atoms with Crippen molar-refractivity contribution < 1.29 is 24.2 Å². The molecule has 2 rings (SSSR count). The largest absolute Gasteiger partial charge is 0.487 e. The van der Waals surface area contributed by atoms with Gasteiger partial charge >= 0.3 is 5.97 Å². The summed E-state index contributed by atoms with van der Waals surface area (Å²) in [6, 6.07) is 7.68. The Bertz CT molecular complexity index is 810. The zero-order valence-electron chi connectivity index (χ0n) is 14.4. The van der Waals surface area contributed by atoms with E-state index in [0.29, 0.717) is 29.7 Å². The third-order valence-electron chi connectivity index (χ3n) is 3.44. The molecule has 2 aromatic rings.